The van der Waals surface area contributed by atoms with Crippen LogP contribution in [0.15, 0.2) is 24.3 Å². The third-order valence-electron chi connectivity index (χ3n) is 8.24. The molecule has 0 bridgehead atoms. The summed E-state index contributed by atoms with van der Waals surface area (Å²) in [4.78, 5) is 22.8. The maximum atomic E-state index is 11.5. The highest BCUT2D eigenvalue weighted by molar-refractivity contribution is 5.69. The van der Waals surface area contributed by atoms with Gasteiger partial charge in [-0.1, -0.05) is 50.5 Å². The van der Waals surface area contributed by atoms with E-state index in [0.29, 0.717) is 25.7 Å². The molecule has 0 radical (unpaired) electrons. The van der Waals surface area contributed by atoms with E-state index in [1.54, 1.807) is 0 Å². The summed E-state index contributed by atoms with van der Waals surface area (Å²) in [5.74, 6) is -0.0182. The fraction of sp³-hybridized carbons (Fsp3) is 0.812. The van der Waals surface area contributed by atoms with E-state index in [2.05, 4.69) is 25.2 Å². The summed E-state index contributed by atoms with van der Waals surface area (Å²) in [5, 5.41) is 0. The average molecular weight is 565 g/mol. The lowest BCUT2D eigenvalue weighted by Crippen LogP contribution is -2.31. The van der Waals surface area contributed by atoms with Crippen molar-refractivity contribution in [3.63, 3.8) is 0 Å². The molecular weight excluding hydrogens is 512 g/mol. The van der Waals surface area contributed by atoms with Gasteiger partial charge in [-0.15, -0.1) is 0 Å². The lowest BCUT2D eigenvalue weighted by Gasteiger charge is -2.30. The molecule has 0 aromatic heterocycles. The molecule has 8 nitrogen and oxygen atoms in total. The van der Waals surface area contributed by atoms with E-state index in [0.717, 1.165) is 83.8 Å². The third-order valence-corrected chi connectivity index (χ3v) is 8.24. The first-order valence-corrected chi connectivity index (χ1v) is 15.7. The van der Waals surface area contributed by atoms with Gasteiger partial charge in [0.25, 0.3) is 6.47 Å². The normalized spacial score (nSPS) is 30.1. The number of hydrogen-bond donors (Lipinski definition) is 0. The molecule has 1 aliphatic carbocycles. The zero-order chi connectivity index (χ0) is 28.4. The van der Waals surface area contributed by atoms with Crippen molar-refractivity contribution in [3.8, 4) is 0 Å². The summed E-state index contributed by atoms with van der Waals surface area (Å²) >= 11 is 0. The maximum absolute atomic E-state index is 11.5. The SMILES string of the molecule is CCCCC[C@@H](/C=C/[C@H]1C(OC2CCCCO2)CC(OC=O)[C@@H]1CC/C=C\CCC(=O)OC)OC1CCCCO1. The Labute approximate surface area is 241 Å². The molecule has 2 saturated heterocycles. The highest BCUT2D eigenvalue weighted by Gasteiger charge is 2.44. The molecular formula is C32H52O8. The number of hydrogen-bond acceptors (Lipinski definition) is 8. The Bertz CT molecular complexity index is 756. The van der Waals surface area contributed by atoms with Gasteiger partial charge < -0.3 is 28.4 Å². The van der Waals surface area contributed by atoms with Crippen molar-refractivity contribution >= 4 is 12.4 Å². The van der Waals surface area contributed by atoms with Gasteiger partial charge in [0.2, 0.25) is 0 Å². The molecule has 8 heteroatoms. The van der Waals surface area contributed by atoms with Crippen LogP contribution >= 0.6 is 0 Å². The van der Waals surface area contributed by atoms with Crippen LogP contribution in [0.4, 0.5) is 0 Å². The molecule has 0 N–H and O–H groups in total. The Morgan fingerprint density at radius 1 is 0.975 bits per heavy atom. The van der Waals surface area contributed by atoms with Crippen LogP contribution in [-0.2, 0) is 38.0 Å². The van der Waals surface area contributed by atoms with Gasteiger partial charge >= 0.3 is 5.97 Å². The second kappa shape index (κ2) is 19.4. The van der Waals surface area contributed by atoms with E-state index >= 15 is 0 Å². The van der Waals surface area contributed by atoms with Gasteiger partial charge in [-0.05, 0) is 64.2 Å². The largest absolute Gasteiger partial charge is 0.469 e. The van der Waals surface area contributed by atoms with Crippen LogP contribution in [-0.4, -0.2) is 63.7 Å². The number of carbonyl (C=O) groups excluding carboxylic acids is 2. The van der Waals surface area contributed by atoms with Gasteiger partial charge in [0.05, 0.1) is 19.3 Å². The minimum absolute atomic E-state index is 0.0221. The summed E-state index contributed by atoms with van der Waals surface area (Å²) in [6, 6.07) is 0. The number of allylic oxidation sites excluding steroid dienone is 2. The smallest absolute Gasteiger partial charge is 0.305 e. The molecule has 40 heavy (non-hydrogen) atoms. The molecule has 1 saturated carbocycles. The summed E-state index contributed by atoms with van der Waals surface area (Å²) in [6.45, 7) is 4.27. The summed E-state index contributed by atoms with van der Waals surface area (Å²) < 4.78 is 35.1. The molecule has 7 atom stereocenters. The van der Waals surface area contributed by atoms with Gasteiger partial charge in [0.15, 0.2) is 12.6 Å². The van der Waals surface area contributed by atoms with Gasteiger partial charge in [-0.25, -0.2) is 0 Å². The minimum Gasteiger partial charge on any atom is -0.469 e. The first kappa shape index (κ1) is 32.8. The van der Waals surface area contributed by atoms with Crippen molar-refractivity contribution in [1.29, 1.82) is 0 Å². The first-order chi connectivity index (χ1) is 19.6. The molecule has 3 rings (SSSR count). The molecule has 228 valence electrons. The standard InChI is InChI=1S/C32H52O8/c1-3-4-7-14-25(39-31-17-10-12-21-36-31)19-20-27-26(15-8-5-6-9-16-30(34)35-2)28(38-24-33)23-29(27)40-32-18-11-13-22-37-32/h5-6,19-20,24-29,31-32H,3-4,7-18,21-23H2,1-2H3/b6-5-,20-19+/t25-,26+,27+,28?,29?,31?,32?/m0/s1. The minimum atomic E-state index is -0.217. The molecule has 3 fully saturated rings. The third kappa shape index (κ3) is 11.6. The highest BCUT2D eigenvalue weighted by Crippen LogP contribution is 2.41. The fourth-order valence-electron chi connectivity index (χ4n) is 6.02. The number of rotatable bonds is 18. The average Bonchev–Trinajstić information content (AvgIpc) is 3.29. The second-order valence-corrected chi connectivity index (χ2v) is 11.2. The van der Waals surface area contributed by atoms with Crippen molar-refractivity contribution < 1.29 is 38.0 Å². The Morgan fingerprint density at radius 3 is 2.40 bits per heavy atom. The molecule has 4 unspecified atom stereocenters. The zero-order valence-electron chi connectivity index (χ0n) is 24.7. The Kier molecular flexibility index (Phi) is 15.9. The first-order valence-electron chi connectivity index (χ1n) is 15.7. The molecule has 0 aromatic carbocycles. The van der Waals surface area contributed by atoms with Crippen LogP contribution in [0.3, 0.4) is 0 Å². The van der Waals surface area contributed by atoms with Gasteiger partial charge in [0.1, 0.15) is 6.10 Å². The van der Waals surface area contributed by atoms with Crippen molar-refractivity contribution in [3.05, 3.63) is 24.3 Å². The van der Waals surface area contributed by atoms with E-state index in [9.17, 15) is 9.59 Å². The topological polar surface area (TPSA) is 89.5 Å². The number of esters is 1. The van der Waals surface area contributed by atoms with E-state index in [-0.39, 0.29) is 48.7 Å². The van der Waals surface area contributed by atoms with Crippen molar-refractivity contribution in [2.45, 2.75) is 134 Å². The van der Waals surface area contributed by atoms with E-state index in [1.165, 1.54) is 13.5 Å². The lowest BCUT2D eigenvalue weighted by atomic mass is 9.88. The molecule has 2 aliphatic heterocycles. The lowest BCUT2D eigenvalue weighted by molar-refractivity contribution is -0.193. The predicted octanol–water partition coefficient (Wildman–Crippen LogP) is 6.41. The highest BCUT2D eigenvalue weighted by atomic mass is 16.7. The fourth-order valence-corrected chi connectivity index (χ4v) is 6.02. The monoisotopic (exact) mass is 564 g/mol. The van der Waals surface area contributed by atoms with Crippen LogP contribution in [0.2, 0.25) is 0 Å². The quantitative estimate of drug-likeness (QED) is 0.0816. The molecule has 0 aromatic rings. The van der Waals surface area contributed by atoms with E-state index in [1.807, 2.05) is 6.08 Å². The van der Waals surface area contributed by atoms with Crippen molar-refractivity contribution in [2.75, 3.05) is 20.3 Å². The van der Waals surface area contributed by atoms with Crippen molar-refractivity contribution in [1.82, 2.24) is 0 Å². The second-order valence-electron chi connectivity index (χ2n) is 11.2. The van der Waals surface area contributed by atoms with Gasteiger partial charge in [-0.3, -0.25) is 9.59 Å². The summed E-state index contributed by atoms with van der Waals surface area (Å²) in [6.07, 6.45) is 21.9. The zero-order valence-corrected chi connectivity index (χ0v) is 24.7. The van der Waals surface area contributed by atoms with E-state index < -0.39 is 0 Å². The molecule has 0 spiro atoms. The van der Waals surface area contributed by atoms with Gasteiger partial charge in [-0.2, -0.15) is 0 Å². The maximum Gasteiger partial charge on any atom is 0.305 e. The summed E-state index contributed by atoms with van der Waals surface area (Å²) in [7, 11) is 1.41. The molecule has 2 heterocycles. The van der Waals surface area contributed by atoms with Crippen LogP contribution < -0.4 is 0 Å². The van der Waals surface area contributed by atoms with Crippen LogP contribution in [0.25, 0.3) is 0 Å². The Morgan fingerprint density at radius 2 is 1.73 bits per heavy atom. The van der Waals surface area contributed by atoms with Crippen LogP contribution in [0.1, 0.15) is 103 Å². The summed E-state index contributed by atoms with van der Waals surface area (Å²) in [5.41, 5.74) is 0. The van der Waals surface area contributed by atoms with Crippen LogP contribution in [0, 0.1) is 11.8 Å². The Hall–Kier alpha value is -1.74. The van der Waals surface area contributed by atoms with E-state index in [4.69, 9.17) is 28.4 Å². The number of methoxy groups -OCH3 is 1. The Balaban J connectivity index is 1.72. The molecule has 0 amide bonds. The van der Waals surface area contributed by atoms with Gasteiger partial charge in [0, 0.05) is 37.9 Å². The molecule has 3 aliphatic rings. The number of carbonyl (C=O) groups is 2. The number of unbranched alkanes of at least 4 members (excludes halogenated alkanes) is 2. The number of ether oxygens (including phenoxy) is 6. The van der Waals surface area contributed by atoms with Crippen molar-refractivity contribution in [2.24, 2.45) is 11.8 Å². The van der Waals surface area contributed by atoms with Crippen LogP contribution in [0.5, 0.6) is 0 Å². The predicted molar refractivity (Wildman–Crippen MR) is 152 cm³/mol.